The number of hydrogen-bond acceptors (Lipinski definition) is 3. The van der Waals surface area contributed by atoms with Gasteiger partial charge in [0.15, 0.2) is 0 Å². The lowest BCUT2D eigenvalue weighted by atomic mass is 9.80. The molecule has 1 fully saturated rings. The monoisotopic (exact) mass is 387 g/mol. The molecule has 0 atom stereocenters. The van der Waals surface area contributed by atoms with Crippen molar-refractivity contribution in [3.63, 3.8) is 0 Å². The number of piperidine rings is 1. The number of nitrogens with zero attached hydrogens (tertiary/aromatic N) is 3. The molecule has 29 heavy (non-hydrogen) atoms. The summed E-state index contributed by atoms with van der Waals surface area (Å²) in [6.45, 7) is 5.64. The number of rotatable bonds is 2. The van der Waals surface area contributed by atoms with Crippen molar-refractivity contribution in [1.82, 2.24) is 14.7 Å². The van der Waals surface area contributed by atoms with E-state index in [2.05, 4.69) is 24.6 Å². The van der Waals surface area contributed by atoms with Crippen molar-refractivity contribution in [3.05, 3.63) is 71.9 Å². The summed E-state index contributed by atoms with van der Waals surface area (Å²) in [6.07, 6.45) is 3.49. The van der Waals surface area contributed by atoms with E-state index in [1.165, 1.54) is 0 Å². The molecular formula is C24H25N3O2. The summed E-state index contributed by atoms with van der Waals surface area (Å²) in [6, 6.07) is 18.0. The van der Waals surface area contributed by atoms with E-state index >= 15 is 0 Å². The Bertz CT molecular complexity index is 1050. The summed E-state index contributed by atoms with van der Waals surface area (Å²) in [4.78, 5) is 14.8. The molecule has 5 heteroatoms. The van der Waals surface area contributed by atoms with Gasteiger partial charge in [-0.1, -0.05) is 30.3 Å². The summed E-state index contributed by atoms with van der Waals surface area (Å²) < 4.78 is 8.72. The molecule has 0 bridgehead atoms. The van der Waals surface area contributed by atoms with Crippen LogP contribution >= 0.6 is 0 Å². The smallest absolute Gasteiger partial charge is 0.253 e. The molecule has 0 radical (unpaired) electrons. The van der Waals surface area contributed by atoms with Crippen LogP contribution in [0.15, 0.2) is 60.8 Å². The van der Waals surface area contributed by atoms with Gasteiger partial charge in [0.25, 0.3) is 5.91 Å². The van der Waals surface area contributed by atoms with Crippen molar-refractivity contribution < 1.29 is 9.53 Å². The summed E-state index contributed by atoms with van der Waals surface area (Å²) >= 11 is 0. The molecule has 2 aliphatic heterocycles. The number of para-hydroxylation sites is 1. The molecular weight excluding hydrogens is 362 g/mol. The van der Waals surface area contributed by atoms with Crippen molar-refractivity contribution in [1.29, 1.82) is 0 Å². The molecule has 5 rings (SSSR count). The number of ether oxygens (including phenoxy) is 1. The first-order valence-electron chi connectivity index (χ1n) is 10.3. The number of likely N-dealkylation sites (tertiary alicyclic amines) is 1. The molecule has 3 heterocycles. The van der Waals surface area contributed by atoms with Gasteiger partial charge in [-0.15, -0.1) is 0 Å². The van der Waals surface area contributed by atoms with Crippen LogP contribution in [0.25, 0.3) is 11.3 Å². The van der Waals surface area contributed by atoms with E-state index in [4.69, 9.17) is 9.84 Å². The van der Waals surface area contributed by atoms with Gasteiger partial charge in [0.2, 0.25) is 0 Å². The van der Waals surface area contributed by atoms with Crippen molar-refractivity contribution in [2.24, 2.45) is 0 Å². The predicted molar refractivity (Wildman–Crippen MR) is 112 cm³/mol. The van der Waals surface area contributed by atoms with Crippen LogP contribution in [0.1, 0.15) is 48.7 Å². The quantitative estimate of drug-likeness (QED) is 0.643. The topological polar surface area (TPSA) is 47.4 Å². The zero-order chi connectivity index (χ0) is 20.0. The normalized spacial score (nSPS) is 17.0. The number of hydrogen-bond donors (Lipinski definition) is 0. The summed E-state index contributed by atoms with van der Waals surface area (Å²) in [7, 11) is 0. The first-order chi connectivity index (χ1) is 14.1. The van der Waals surface area contributed by atoms with E-state index in [1.807, 2.05) is 59.6 Å². The van der Waals surface area contributed by atoms with E-state index in [0.717, 1.165) is 41.0 Å². The number of amides is 1. The molecule has 1 spiro atoms. The molecule has 1 amide bonds. The zero-order valence-corrected chi connectivity index (χ0v) is 16.8. The maximum absolute atomic E-state index is 12.9. The lowest BCUT2D eigenvalue weighted by Crippen LogP contribution is -2.49. The van der Waals surface area contributed by atoms with Crippen molar-refractivity contribution in [3.8, 4) is 17.0 Å². The van der Waals surface area contributed by atoms with Gasteiger partial charge < -0.3 is 9.64 Å². The molecule has 2 aromatic carbocycles. The number of aromatic nitrogens is 2. The highest BCUT2D eigenvalue weighted by atomic mass is 16.5. The Kier molecular flexibility index (Phi) is 4.19. The van der Waals surface area contributed by atoms with Crippen LogP contribution in [0.4, 0.5) is 0 Å². The fourth-order valence-corrected chi connectivity index (χ4v) is 4.58. The minimum absolute atomic E-state index is 0.0924. The van der Waals surface area contributed by atoms with Crippen molar-refractivity contribution in [2.75, 3.05) is 13.1 Å². The molecule has 0 aliphatic carbocycles. The van der Waals surface area contributed by atoms with Gasteiger partial charge in [0.05, 0.1) is 11.9 Å². The SMILES string of the molecule is CC(C)n1ncc2c1-c1ccccc1OC21CCN(C(=O)c2ccccc2)CC1. The van der Waals surface area contributed by atoms with Gasteiger partial charge in [0.1, 0.15) is 11.4 Å². The van der Waals surface area contributed by atoms with Crippen LogP contribution in [-0.2, 0) is 5.60 Å². The Balaban J connectivity index is 1.48. The van der Waals surface area contributed by atoms with Gasteiger partial charge in [0, 0.05) is 48.7 Å². The zero-order valence-electron chi connectivity index (χ0n) is 16.8. The molecule has 0 saturated carbocycles. The fraction of sp³-hybridized carbons (Fsp3) is 0.333. The van der Waals surface area contributed by atoms with Crippen molar-refractivity contribution in [2.45, 2.75) is 38.3 Å². The van der Waals surface area contributed by atoms with Gasteiger partial charge in [-0.3, -0.25) is 9.48 Å². The highest BCUT2D eigenvalue weighted by molar-refractivity contribution is 5.94. The van der Waals surface area contributed by atoms with Crippen LogP contribution < -0.4 is 4.74 Å². The van der Waals surface area contributed by atoms with Crippen LogP contribution in [-0.4, -0.2) is 33.7 Å². The molecule has 3 aromatic rings. The fourth-order valence-electron chi connectivity index (χ4n) is 4.58. The van der Waals surface area contributed by atoms with Crippen LogP contribution in [0, 0.1) is 0 Å². The second-order valence-corrected chi connectivity index (χ2v) is 8.20. The van der Waals surface area contributed by atoms with Crippen LogP contribution in [0.5, 0.6) is 5.75 Å². The van der Waals surface area contributed by atoms with Gasteiger partial charge >= 0.3 is 0 Å². The van der Waals surface area contributed by atoms with E-state index in [0.29, 0.717) is 13.1 Å². The molecule has 5 nitrogen and oxygen atoms in total. The van der Waals surface area contributed by atoms with E-state index in [1.54, 1.807) is 0 Å². The number of fused-ring (bicyclic) bond motifs is 4. The lowest BCUT2D eigenvalue weighted by Gasteiger charge is -2.44. The minimum Gasteiger partial charge on any atom is -0.482 e. The van der Waals surface area contributed by atoms with Crippen molar-refractivity contribution >= 4 is 5.91 Å². The summed E-state index contributed by atoms with van der Waals surface area (Å²) in [5.41, 5.74) is 3.72. The molecule has 1 aromatic heterocycles. The third-order valence-electron chi connectivity index (χ3n) is 6.10. The third-order valence-corrected chi connectivity index (χ3v) is 6.10. The van der Waals surface area contributed by atoms with Gasteiger partial charge in [-0.05, 0) is 38.1 Å². The Morgan fingerprint density at radius 3 is 2.45 bits per heavy atom. The van der Waals surface area contributed by atoms with Gasteiger partial charge in [-0.2, -0.15) is 5.10 Å². The Morgan fingerprint density at radius 1 is 1.03 bits per heavy atom. The largest absolute Gasteiger partial charge is 0.482 e. The summed E-state index contributed by atoms with van der Waals surface area (Å²) in [5, 5.41) is 4.70. The Labute approximate surface area is 170 Å². The Morgan fingerprint density at radius 2 is 1.72 bits per heavy atom. The van der Waals surface area contributed by atoms with E-state index in [9.17, 15) is 4.79 Å². The summed E-state index contributed by atoms with van der Waals surface area (Å²) in [5.74, 6) is 1.000. The average Bonchev–Trinajstić information content (AvgIpc) is 3.22. The molecule has 0 N–H and O–H groups in total. The second-order valence-electron chi connectivity index (χ2n) is 8.20. The third kappa shape index (κ3) is 2.84. The van der Waals surface area contributed by atoms with Crippen LogP contribution in [0.2, 0.25) is 0 Å². The molecule has 148 valence electrons. The Hall–Kier alpha value is -3.08. The van der Waals surface area contributed by atoms with E-state index in [-0.39, 0.29) is 11.9 Å². The molecule has 1 saturated heterocycles. The predicted octanol–water partition coefficient (Wildman–Crippen LogP) is 4.65. The lowest BCUT2D eigenvalue weighted by molar-refractivity contribution is -0.00177. The van der Waals surface area contributed by atoms with Crippen LogP contribution in [0.3, 0.4) is 0 Å². The first-order valence-corrected chi connectivity index (χ1v) is 10.3. The van der Waals surface area contributed by atoms with Gasteiger partial charge in [-0.25, -0.2) is 0 Å². The average molecular weight is 387 g/mol. The second kappa shape index (κ2) is 6.76. The minimum atomic E-state index is -0.426. The maximum atomic E-state index is 12.9. The first kappa shape index (κ1) is 18.0. The van der Waals surface area contributed by atoms with E-state index < -0.39 is 5.60 Å². The number of benzene rings is 2. The highest BCUT2D eigenvalue weighted by Gasteiger charge is 2.46. The highest BCUT2D eigenvalue weighted by Crippen LogP contribution is 2.50. The molecule has 2 aliphatic rings. The maximum Gasteiger partial charge on any atom is 0.253 e. The molecule has 0 unspecified atom stereocenters. The number of carbonyl (C=O) groups excluding carboxylic acids is 1. The number of carbonyl (C=O) groups is 1. The standard InChI is InChI=1S/C24H25N3O2/c1-17(2)27-22-19-10-6-7-11-21(19)29-24(20(22)16-25-27)12-14-26(15-13-24)23(28)18-8-4-3-5-9-18/h3-11,16-17H,12-15H2,1-2H3.